The number of carbonyl (C=O) groups excluding carboxylic acids is 1. The van der Waals surface area contributed by atoms with Crippen LogP contribution in [0.5, 0.6) is 0 Å². The molecule has 0 spiro atoms. The van der Waals surface area contributed by atoms with Gasteiger partial charge >= 0.3 is 5.97 Å². The second kappa shape index (κ2) is 38.0. The number of hydrogen-bond acceptors (Lipinski definition) is 2. The summed E-state index contributed by atoms with van der Waals surface area (Å²) in [6.45, 7) is 5.15. The molecule has 42 heavy (non-hydrogen) atoms. The minimum atomic E-state index is -0.158. The Hall–Kier alpha value is -1.05. The Morgan fingerprint density at radius 3 is 1.02 bits per heavy atom. The van der Waals surface area contributed by atoms with Crippen LogP contribution in [0, 0.1) is 0 Å². The van der Waals surface area contributed by atoms with E-state index in [0.717, 1.165) is 12.8 Å². The van der Waals surface area contributed by atoms with E-state index in [4.69, 9.17) is 4.74 Å². The van der Waals surface area contributed by atoms with Gasteiger partial charge in [-0.3, -0.25) is 0 Å². The van der Waals surface area contributed by atoms with Gasteiger partial charge in [0.1, 0.15) is 0 Å². The molecule has 0 aromatic rings. The molecule has 0 N–H and O–H groups in total. The summed E-state index contributed by atoms with van der Waals surface area (Å²) in [6.07, 6.45) is 51.4. The Morgan fingerprint density at radius 2 is 0.667 bits per heavy atom. The summed E-state index contributed by atoms with van der Waals surface area (Å²) in [5.74, 6) is -0.158. The van der Waals surface area contributed by atoms with Gasteiger partial charge in [-0.05, 0) is 44.9 Å². The van der Waals surface area contributed by atoms with E-state index >= 15 is 0 Å². The Bertz CT molecular complexity index is 564. The first-order valence-corrected chi connectivity index (χ1v) is 19.3. The minimum Gasteiger partial charge on any atom is -0.463 e. The highest BCUT2D eigenvalue weighted by atomic mass is 16.5. The van der Waals surface area contributed by atoms with Gasteiger partial charge in [0.15, 0.2) is 0 Å². The minimum absolute atomic E-state index is 0.158. The summed E-state index contributed by atoms with van der Waals surface area (Å²) < 4.78 is 5.36. The van der Waals surface area contributed by atoms with Crippen LogP contribution in [0.25, 0.3) is 0 Å². The number of rotatable bonds is 35. The van der Waals surface area contributed by atoms with Crippen LogP contribution in [0.3, 0.4) is 0 Å². The molecule has 0 radical (unpaired) electrons. The molecule has 0 amide bonds. The zero-order chi connectivity index (χ0) is 30.4. The molecule has 0 fully saturated rings. The van der Waals surface area contributed by atoms with Crippen molar-refractivity contribution in [2.24, 2.45) is 0 Å². The molecule has 2 heteroatoms. The van der Waals surface area contributed by atoms with Crippen molar-refractivity contribution < 1.29 is 9.53 Å². The largest absolute Gasteiger partial charge is 0.463 e. The summed E-state index contributed by atoms with van der Waals surface area (Å²) in [7, 11) is 0. The highest BCUT2D eigenvalue weighted by Crippen LogP contribution is 2.15. The number of unbranched alkanes of at least 4 members (excludes halogenated alkanes) is 29. The Morgan fingerprint density at radius 1 is 0.381 bits per heavy atom. The number of allylic oxidation sites excluding steroid dienone is 3. The summed E-state index contributed by atoms with van der Waals surface area (Å²) in [6, 6.07) is 0. The fourth-order valence-electron chi connectivity index (χ4n) is 5.74. The van der Waals surface area contributed by atoms with Crippen molar-refractivity contribution in [3.8, 4) is 0 Å². The van der Waals surface area contributed by atoms with Gasteiger partial charge in [0.25, 0.3) is 0 Å². The van der Waals surface area contributed by atoms with Gasteiger partial charge in [-0.2, -0.15) is 0 Å². The molecule has 0 saturated heterocycles. The number of esters is 1. The monoisotopic (exact) mass is 589 g/mol. The van der Waals surface area contributed by atoms with Crippen LogP contribution in [0.4, 0.5) is 0 Å². The molecule has 0 rings (SSSR count). The van der Waals surface area contributed by atoms with Crippen molar-refractivity contribution >= 4 is 5.97 Å². The van der Waals surface area contributed by atoms with Gasteiger partial charge in [0.2, 0.25) is 0 Å². The van der Waals surface area contributed by atoms with E-state index < -0.39 is 0 Å². The van der Waals surface area contributed by atoms with Gasteiger partial charge in [-0.1, -0.05) is 193 Å². The molecule has 0 aliphatic carbocycles. The van der Waals surface area contributed by atoms with Crippen molar-refractivity contribution in [1.29, 1.82) is 0 Å². The topological polar surface area (TPSA) is 26.3 Å². The first-order valence-electron chi connectivity index (χ1n) is 19.3. The lowest BCUT2D eigenvalue weighted by atomic mass is 10.0. The maximum absolute atomic E-state index is 11.9. The Labute approximate surface area is 265 Å². The van der Waals surface area contributed by atoms with E-state index in [2.05, 4.69) is 26.0 Å². The highest BCUT2D eigenvalue weighted by Gasteiger charge is 1.98. The molecule has 0 saturated carbocycles. The van der Waals surface area contributed by atoms with E-state index in [1.54, 1.807) is 6.08 Å². The average molecular weight is 589 g/mol. The molecule has 0 aliphatic rings. The number of hydrogen-bond donors (Lipinski definition) is 0. The predicted octanol–water partition coefficient (Wildman–Crippen LogP) is 14.2. The van der Waals surface area contributed by atoms with Crippen LogP contribution in [-0.2, 0) is 9.53 Å². The number of carbonyl (C=O) groups is 1. The standard InChI is InChI=1S/C40H76O2/c1-3-5-7-9-11-13-15-17-19-21-22-23-24-26-28-30-32-34-36-38-40(41)42-39-37-35-33-31-29-27-25-20-18-16-14-12-10-8-6-4-2/h18,20,36,38H,3-17,19,21-35,37,39H2,1-2H3. The highest BCUT2D eigenvalue weighted by molar-refractivity contribution is 5.81. The van der Waals surface area contributed by atoms with Gasteiger partial charge in [-0.25, -0.2) is 4.79 Å². The molecule has 0 unspecified atom stereocenters. The molecule has 0 aromatic heterocycles. The normalized spacial score (nSPS) is 11.8. The summed E-state index contributed by atoms with van der Waals surface area (Å²) in [4.78, 5) is 11.9. The molecule has 0 aliphatic heterocycles. The maximum atomic E-state index is 11.9. The van der Waals surface area contributed by atoms with Gasteiger partial charge in [-0.15, -0.1) is 0 Å². The first kappa shape index (κ1) is 41.0. The molecule has 0 aromatic carbocycles. The van der Waals surface area contributed by atoms with Crippen LogP contribution in [0.2, 0.25) is 0 Å². The molecule has 0 heterocycles. The van der Waals surface area contributed by atoms with Crippen LogP contribution in [0.15, 0.2) is 24.3 Å². The quantitative estimate of drug-likeness (QED) is 0.0318. The zero-order valence-electron chi connectivity index (χ0n) is 29.0. The van der Waals surface area contributed by atoms with Crippen molar-refractivity contribution in [2.45, 2.75) is 219 Å². The molecular formula is C40H76O2. The van der Waals surface area contributed by atoms with Crippen molar-refractivity contribution in [3.63, 3.8) is 0 Å². The van der Waals surface area contributed by atoms with Gasteiger partial charge in [0, 0.05) is 6.08 Å². The second-order valence-electron chi connectivity index (χ2n) is 13.0. The average Bonchev–Trinajstić information content (AvgIpc) is 3.00. The van der Waals surface area contributed by atoms with Gasteiger partial charge < -0.3 is 4.74 Å². The molecule has 2 nitrogen and oxygen atoms in total. The third kappa shape index (κ3) is 37.0. The van der Waals surface area contributed by atoms with Crippen LogP contribution in [-0.4, -0.2) is 12.6 Å². The molecule has 0 bridgehead atoms. The van der Waals surface area contributed by atoms with E-state index in [0.29, 0.717) is 6.61 Å². The lowest BCUT2D eigenvalue weighted by Crippen LogP contribution is -2.02. The third-order valence-electron chi connectivity index (χ3n) is 8.63. The molecule has 248 valence electrons. The van der Waals surface area contributed by atoms with Crippen LogP contribution in [0.1, 0.15) is 219 Å². The lowest BCUT2D eigenvalue weighted by molar-refractivity contribution is -0.137. The molecular weight excluding hydrogens is 512 g/mol. The van der Waals surface area contributed by atoms with E-state index in [-0.39, 0.29) is 5.97 Å². The fraction of sp³-hybridized carbons (Fsp3) is 0.875. The SMILES string of the molecule is CCCCCCCCC=CCCCCCCCCOC(=O)C=CCCCCCCCCCCCCCCCCCCC. The Balaban J connectivity index is 3.24. The maximum Gasteiger partial charge on any atom is 0.330 e. The van der Waals surface area contributed by atoms with Crippen molar-refractivity contribution in [1.82, 2.24) is 0 Å². The van der Waals surface area contributed by atoms with Crippen LogP contribution >= 0.6 is 0 Å². The third-order valence-corrected chi connectivity index (χ3v) is 8.63. The van der Waals surface area contributed by atoms with Crippen molar-refractivity contribution in [3.05, 3.63) is 24.3 Å². The van der Waals surface area contributed by atoms with E-state index in [1.807, 2.05) is 6.08 Å². The summed E-state index contributed by atoms with van der Waals surface area (Å²) in [5, 5.41) is 0. The summed E-state index contributed by atoms with van der Waals surface area (Å²) >= 11 is 0. The zero-order valence-corrected chi connectivity index (χ0v) is 29.0. The van der Waals surface area contributed by atoms with E-state index in [1.165, 1.54) is 193 Å². The Kier molecular flexibility index (Phi) is 37.0. The van der Waals surface area contributed by atoms with E-state index in [9.17, 15) is 4.79 Å². The first-order chi connectivity index (χ1) is 20.8. The van der Waals surface area contributed by atoms with Crippen molar-refractivity contribution in [2.75, 3.05) is 6.61 Å². The summed E-state index contributed by atoms with van der Waals surface area (Å²) in [5.41, 5.74) is 0. The number of ether oxygens (including phenoxy) is 1. The second-order valence-corrected chi connectivity index (χ2v) is 13.0. The van der Waals surface area contributed by atoms with Crippen LogP contribution < -0.4 is 0 Å². The van der Waals surface area contributed by atoms with Gasteiger partial charge in [0.05, 0.1) is 6.61 Å². The molecule has 0 atom stereocenters. The smallest absolute Gasteiger partial charge is 0.330 e. The lowest BCUT2D eigenvalue weighted by Gasteiger charge is -2.03. The fourth-order valence-corrected chi connectivity index (χ4v) is 5.74. The predicted molar refractivity (Wildman–Crippen MR) is 188 cm³/mol.